The summed E-state index contributed by atoms with van der Waals surface area (Å²) in [5.74, 6) is -0.831. The Kier molecular flexibility index (Phi) is 6.98. The molecule has 1 saturated heterocycles. The summed E-state index contributed by atoms with van der Waals surface area (Å²) in [6, 6.07) is 10.3. The van der Waals surface area contributed by atoms with E-state index < -0.39 is 17.6 Å². The Balaban J connectivity index is 1.34. The largest absolute Gasteiger partial charge is 0.418 e. The second-order valence-corrected chi connectivity index (χ2v) is 9.41. The van der Waals surface area contributed by atoms with E-state index in [1.165, 1.54) is 23.5 Å². The number of alkyl halides is 3. The molecule has 1 aromatic heterocycles. The van der Waals surface area contributed by atoms with E-state index in [9.17, 15) is 22.8 Å². The van der Waals surface area contributed by atoms with Crippen LogP contribution in [0.4, 0.5) is 35.9 Å². The Morgan fingerprint density at radius 3 is 2.68 bits per heavy atom. The molecule has 7 nitrogen and oxygen atoms in total. The van der Waals surface area contributed by atoms with Gasteiger partial charge >= 0.3 is 6.18 Å². The number of nitrogens with zero attached hydrogens (tertiary/aromatic N) is 2. The van der Waals surface area contributed by atoms with Crippen molar-refractivity contribution in [3.05, 3.63) is 69.9 Å². The first-order valence-corrected chi connectivity index (χ1v) is 12.6. The van der Waals surface area contributed by atoms with Gasteiger partial charge in [0.15, 0.2) is 0 Å². The molecule has 0 unspecified atom stereocenters. The normalized spacial score (nSPS) is 16.2. The SMILES string of the molecule is O=C1CC(c2ccc(NC(=O)c3ccc(N4CCCOCC4)c(C(F)(F)F)c3)cc2)=Nc2cscc2N1. The zero-order valence-corrected chi connectivity index (χ0v) is 20.4. The first-order valence-electron chi connectivity index (χ1n) is 11.7. The number of carbonyl (C=O) groups excluding carboxylic acids is 2. The van der Waals surface area contributed by atoms with Gasteiger partial charge in [0.25, 0.3) is 5.91 Å². The molecule has 2 amide bonds. The van der Waals surface area contributed by atoms with Crippen molar-refractivity contribution in [2.24, 2.45) is 4.99 Å². The Hall–Kier alpha value is -3.70. The molecule has 2 aliphatic heterocycles. The number of carbonyl (C=O) groups is 2. The van der Waals surface area contributed by atoms with E-state index in [4.69, 9.17) is 4.74 Å². The van der Waals surface area contributed by atoms with Crippen LogP contribution in [-0.2, 0) is 15.7 Å². The lowest BCUT2D eigenvalue weighted by Crippen LogP contribution is -2.28. The number of thiophene rings is 1. The highest BCUT2D eigenvalue weighted by Gasteiger charge is 2.36. The van der Waals surface area contributed by atoms with Crippen molar-refractivity contribution in [2.75, 3.05) is 41.8 Å². The van der Waals surface area contributed by atoms with Gasteiger partial charge < -0.3 is 20.3 Å². The lowest BCUT2D eigenvalue weighted by molar-refractivity contribution is -0.137. The highest BCUT2D eigenvalue weighted by molar-refractivity contribution is 7.09. The fourth-order valence-corrected chi connectivity index (χ4v) is 4.98. The van der Waals surface area contributed by atoms with Gasteiger partial charge in [-0.3, -0.25) is 9.59 Å². The highest BCUT2D eigenvalue weighted by Crippen LogP contribution is 2.38. The molecule has 0 aliphatic carbocycles. The van der Waals surface area contributed by atoms with Gasteiger partial charge in [-0.25, -0.2) is 4.99 Å². The first kappa shape index (κ1) is 25.0. The smallest absolute Gasteiger partial charge is 0.380 e. The van der Waals surface area contributed by atoms with Crippen molar-refractivity contribution in [1.29, 1.82) is 0 Å². The van der Waals surface area contributed by atoms with Gasteiger partial charge in [0.2, 0.25) is 5.91 Å². The number of rotatable bonds is 4. The van der Waals surface area contributed by atoms with Crippen molar-refractivity contribution in [3.8, 4) is 0 Å². The maximum atomic E-state index is 13.9. The Morgan fingerprint density at radius 1 is 1.08 bits per heavy atom. The summed E-state index contributed by atoms with van der Waals surface area (Å²) in [5, 5.41) is 9.12. The summed E-state index contributed by atoms with van der Waals surface area (Å²) < 4.78 is 47.0. The highest BCUT2D eigenvalue weighted by atomic mass is 32.1. The summed E-state index contributed by atoms with van der Waals surface area (Å²) >= 11 is 1.44. The van der Waals surface area contributed by atoms with Crippen LogP contribution in [-0.4, -0.2) is 43.8 Å². The van der Waals surface area contributed by atoms with Crippen molar-refractivity contribution in [2.45, 2.75) is 19.0 Å². The van der Waals surface area contributed by atoms with Crippen LogP contribution in [0, 0.1) is 0 Å². The molecule has 1 fully saturated rings. The number of hydrogen-bond acceptors (Lipinski definition) is 6. The molecule has 0 spiro atoms. The zero-order chi connectivity index (χ0) is 26.0. The standard InChI is InChI=1S/C26H23F3N4O3S/c27-26(28,29)19-12-17(4-7-23(19)33-8-1-10-36-11-9-33)25(35)30-18-5-2-16(3-6-18)20-13-24(34)32-22-15-37-14-21(22)31-20/h2-7,12,14-15H,1,8-11,13H2,(H,30,35)(H,32,34). The van der Waals surface area contributed by atoms with Crippen LogP contribution in [0.5, 0.6) is 0 Å². The third-order valence-corrected chi connectivity index (χ3v) is 6.83. The second kappa shape index (κ2) is 10.3. The van der Waals surface area contributed by atoms with Crippen molar-refractivity contribution in [1.82, 2.24) is 0 Å². The fourth-order valence-electron chi connectivity index (χ4n) is 4.28. The Labute approximate surface area is 215 Å². The average Bonchev–Trinajstić information content (AvgIpc) is 3.06. The first-order chi connectivity index (χ1) is 17.8. The van der Waals surface area contributed by atoms with Crippen LogP contribution >= 0.6 is 11.3 Å². The Morgan fingerprint density at radius 2 is 1.89 bits per heavy atom. The van der Waals surface area contributed by atoms with Gasteiger partial charge in [-0.2, -0.15) is 13.2 Å². The third kappa shape index (κ3) is 5.67. The number of ether oxygens (including phenoxy) is 1. The van der Waals surface area contributed by atoms with E-state index in [0.717, 1.165) is 6.07 Å². The van der Waals surface area contributed by atoms with E-state index in [2.05, 4.69) is 15.6 Å². The number of aliphatic imine (C=N–C) groups is 1. The number of nitrogens with one attached hydrogen (secondary N) is 2. The van der Waals surface area contributed by atoms with Gasteiger partial charge in [-0.15, -0.1) is 11.3 Å². The quantitative estimate of drug-likeness (QED) is 0.455. The second-order valence-electron chi connectivity index (χ2n) is 8.67. The number of amides is 2. The molecule has 192 valence electrons. The predicted molar refractivity (Wildman–Crippen MR) is 137 cm³/mol. The van der Waals surface area contributed by atoms with E-state index in [-0.39, 0.29) is 23.6 Å². The van der Waals surface area contributed by atoms with Crippen LogP contribution < -0.4 is 15.5 Å². The van der Waals surface area contributed by atoms with Gasteiger partial charge in [0.05, 0.1) is 35.7 Å². The van der Waals surface area contributed by atoms with Gasteiger partial charge in [0.1, 0.15) is 0 Å². The van der Waals surface area contributed by atoms with Crippen molar-refractivity contribution in [3.63, 3.8) is 0 Å². The van der Waals surface area contributed by atoms with E-state index >= 15 is 0 Å². The minimum atomic E-state index is -4.62. The molecule has 0 bridgehead atoms. The molecule has 5 rings (SSSR count). The van der Waals surface area contributed by atoms with Crippen molar-refractivity contribution >= 4 is 51.6 Å². The molecule has 3 heterocycles. The Bertz CT molecular complexity index is 1340. The monoisotopic (exact) mass is 528 g/mol. The molecule has 0 saturated carbocycles. The van der Waals surface area contributed by atoms with Crippen molar-refractivity contribution < 1.29 is 27.5 Å². The summed E-state index contributed by atoms with van der Waals surface area (Å²) in [4.78, 5) is 31.3. The molecular formula is C26H23F3N4O3S. The summed E-state index contributed by atoms with van der Waals surface area (Å²) in [6.45, 7) is 1.65. The lowest BCUT2D eigenvalue weighted by atomic mass is 10.0. The van der Waals surface area contributed by atoms with Crippen LogP contribution in [0.3, 0.4) is 0 Å². The zero-order valence-electron chi connectivity index (χ0n) is 19.6. The molecule has 2 aliphatic rings. The lowest BCUT2D eigenvalue weighted by Gasteiger charge is -2.26. The number of fused-ring (bicyclic) bond motifs is 1. The topological polar surface area (TPSA) is 83.0 Å². The maximum absolute atomic E-state index is 13.9. The number of hydrogen-bond donors (Lipinski definition) is 2. The summed E-state index contributed by atoms with van der Waals surface area (Å²) in [5.41, 5.74) is 2.14. The molecule has 37 heavy (non-hydrogen) atoms. The van der Waals surface area contributed by atoms with Gasteiger partial charge in [-0.1, -0.05) is 12.1 Å². The molecule has 0 atom stereocenters. The van der Waals surface area contributed by atoms with Gasteiger partial charge in [0, 0.05) is 47.4 Å². The number of anilines is 3. The third-order valence-electron chi connectivity index (χ3n) is 6.10. The van der Waals surface area contributed by atoms with Crippen LogP contribution in [0.25, 0.3) is 0 Å². The molecule has 2 aromatic carbocycles. The molecule has 3 aromatic rings. The molecular weight excluding hydrogens is 505 g/mol. The molecule has 0 radical (unpaired) electrons. The molecule has 2 N–H and O–H groups in total. The molecule has 11 heteroatoms. The number of halogens is 3. The van der Waals surface area contributed by atoms with E-state index in [1.54, 1.807) is 29.2 Å². The predicted octanol–water partition coefficient (Wildman–Crippen LogP) is 5.71. The fraction of sp³-hybridized carbons (Fsp3) is 0.269. The minimum Gasteiger partial charge on any atom is -0.380 e. The maximum Gasteiger partial charge on any atom is 0.418 e. The summed E-state index contributed by atoms with van der Waals surface area (Å²) in [7, 11) is 0. The van der Waals surface area contributed by atoms with Crippen LogP contribution in [0.1, 0.15) is 34.3 Å². The van der Waals surface area contributed by atoms with Crippen LogP contribution in [0.2, 0.25) is 0 Å². The average molecular weight is 529 g/mol. The summed E-state index contributed by atoms with van der Waals surface area (Å²) in [6.07, 6.45) is -3.89. The van der Waals surface area contributed by atoms with Gasteiger partial charge in [-0.05, 0) is 42.3 Å². The van der Waals surface area contributed by atoms with E-state index in [0.29, 0.717) is 61.1 Å². The minimum absolute atomic E-state index is 0.0425. The van der Waals surface area contributed by atoms with E-state index in [1.807, 2.05) is 10.8 Å². The van der Waals surface area contributed by atoms with Crippen LogP contribution in [0.15, 0.2) is 58.2 Å². The number of benzene rings is 2.